The highest BCUT2D eigenvalue weighted by atomic mass is 16.6. The van der Waals surface area contributed by atoms with Crippen molar-refractivity contribution in [2.24, 2.45) is 0 Å². The molecule has 0 unspecified atom stereocenters. The first kappa shape index (κ1) is 28.5. The topological polar surface area (TPSA) is 123 Å². The smallest absolute Gasteiger partial charge is 0.303 e. The molecule has 3 aromatic rings. The van der Waals surface area contributed by atoms with Crippen LogP contribution in [-0.4, -0.2) is 53.5 Å². The zero-order valence-corrected chi connectivity index (χ0v) is 21.8. The summed E-state index contributed by atoms with van der Waals surface area (Å²) in [6.07, 6.45) is -1.60. The SMILES string of the molecule is COc1cc(C[C@H](O)[C@H](CC(=O)C[C@H](Cc2ccccc2)c2ccc(O)c(OC)c2)OC(C)=O)ccc1O. The predicted octanol–water partition coefficient (Wildman–Crippen LogP) is 4.33. The summed E-state index contributed by atoms with van der Waals surface area (Å²) >= 11 is 0. The largest absolute Gasteiger partial charge is 0.504 e. The normalized spacial score (nSPS) is 13.3. The highest BCUT2D eigenvalue weighted by Crippen LogP contribution is 2.33. The molecule has 202 valence electrons. The number of aliphatic hydroxyl groups excluding tert-OH is 1. The maximum absolute atomic E-state index is 13.3. The average molecular weight is 523 g/mol. The van der Waals surface area contributed by atoms with Crippen molar-refractivity contribution in [1.29, 1.82) is 0 Å². The summed E-state index contributed by atoms with van der Waals surface area (Å²) in [6, 6.07) is 19.4. The van der Waals surface area contributed by atoms with E-state index in [0.29, 0.717) is 17.7 Å². The van der Waals surface area contributed by atoms with Crippen LogP contribution >= 0.6 is 0 Å². The third-order valence-corrected chi connectivity index (χ3v) is 6.34. The first-order chi connectivity index (χ1) is 18.2. The Labute approximate surface area is 222 Å². The number of ketones is 1. The van der Waals surface area contributed by atoms with Gasteiger partial charge in [0.05, 0.1) is 20.3 Å². The summed E-state index contributed by atoms with van der Waals surface area (Å²) in [5, 5.41) is 30.8. The summed E-state index contributed by atoms with van der Waals surface area (Å²) in [5.74, 6) is -0.497. The highest BCUT2D eigenvalue weighted by Gasteiger charge is 2.28. The van der Waals surface area contributed by atoms with Gasteiger partial charge in [0.25, 0.3) is 0 Å². The van der Waals surface area contributed by atoms with E-state index in [9.17, 15) is 24.9 Å². The van der Waals surface area contributed by atoms with Gasteiger partial charge in [-0.3, -0.25) is 9.59 Å². The van der Waals surface area contributed by atoms with Gasteiger partial charge < -0.3 is 29.5 Å². The van der Waals surface area contributed by atoms with E-state index in [4.69, 9.17) is 14.2 Å². The Balaban J connectivity index is 1.79. The van der Waals surface area contributed by atoms with E-state index in [-0.39, 0.29) is 48.2 Å². The minimum atomic E-state index is -1.15. The Morgan fingerprint density at radius 1 is 0.789 bits per heavy atom. The molecule has 0 radical (unpaired) electrons. The van der Waals surface area contributed by atoms with E-state index in [1.54, 1.807) is 24.3 Å². The number of carbonyl (C=O) groups excluding carboxylic acids is 2. The molecular weight excluding hydrogens is 488 g/mol. The molecule has 0 spiro atoms. The monoisotopic (exact) mass is 522 g/mol. The summed E-state index contributed by atoms with van der Waals surface area (Å²) < 4.78 is 15.7. The van der Waals surface area contributed by atoms with Crippen LogP contribution in [-0.2, 0) is 27.2 Å². The Morgan fingerprint density at radius 2 is 1.42 bits per heavy atom. The second-order valence-electron chi connectivity index (χ2n) is 9.19. The molecule has 3 atom stereocenters. The lowest BCUT2D eigenvalue weighted by atomic mass is 9.86. The van der Waals surface area contributed by atoms with Crippen LogP contribution < -0.4 is 9.47 Å². The minimum absolute atomic E-state index is 0.00458. The molecule has 3 aromatic carbocycles. The number of phenols is 2. The number of esters is 1. The standard InChI is InChI=1S/C30H34O8/c1-19(31)38-30(27(35)14-21-9-11-25(33)28(15-21)36-2)18-24(32)16-23(13-20-7-5-4-6-8-20)22-10-12-26(34)29(17-22)37-3/h4-12,15,17,23,27,30,33-35H,13-14,16,18H2,1-3H3/t23-,27-,30-/m0/s1. The Hall–Kier alpha value is -4.04. The number of rotatable bonds is 13. The molecule has 8 nitrogen and oxygen atoms in total. The van der Waals surface area contributed by atoms with Crippen molar-refractivity contribution < 1.29 is 39.1 Å². The highest BCUT2D eigenvalue weighted by molar-refractivity contribution is 5.80. The van der Waals surface area contributed by atoms with E-state index < -0.39 is 18.2 Å². The number of carbonyl (C=O) groups is 2. The van der Waals surface area contributed by atoms with Crippen LogP contribution in [0.3, 0.4) is 0 Å². The number of methoxy groups -OCH3 is 2. The number of Topliss-reactive ketones (excluding diaryl/α,β-unsaturated/α-hetero) is 1. The van der Waals surface area contributed by atoms with Crippen molar-refractivity contribution in [2.45, 2.75) is 50.7 Å². The van der Waals surface area contributed by atoms with Gasteiger partial charge in [0, 0.05) is 26.2 Å². The molecule has 3 rings (SSSR count). The number of benzene rings is 3. The fraction of sp³-hybridized carbons (Fsp3) is 0.333. The molecule has 0 saturated heterocycles. The van der Waals surface area contributed by atoms with Crippen LogP contribution in [0.1, 0.15) is 42.4 Å². The third-order valence-electron chi connectivity index (χ3n) is 6.34. The molecule has 0 fully saturated rings. The molecule has 0 heterocycles. The van der Waals surface area contributed by atoms with Crippen LogP contribution in [0.2, 0.25) is 0 Å². The van der Waals surface area contributed by atoms with Crippen LogP contribution in [0.25, 0.3) is 0 Å². The first-order valence-corrected chi connectivity index (χ1v) is 12.3. The van der Waals surface area contributed by atoms with Crippen LogP contribution in [0.4, 0.5) is 0 Å². The van der Waals surface area contributed by atoms with E-state index >= 15 is 0 Å². The zero-order valence-electron chi connectivity index (χ0n) is 21.8. The number of aromatic hydroxyl groups is 2. The van der Waals surface area contributed by atoms with Gasteiger partial charge >= 0.3 is 5.97 Å². The van der Waals surface area contributed by atoms with E-state index in [1.807, 2.05) is 30.3 Å². The molecule has 38 heavy (non-hydrogen) atoms. The number of phenolic OH excluding ortho intramolecular Hbond substituents is 2. The summed E-state index contributed by atoms with van der Waals surface area (Å²) in [5.41, 5.74) is 2.50. The van der Waals surface area contributed by atoms with Gasteiger partial charge in [-0.25, -0.2) is 0 Å². The van der Waals surface area contributed by atoms with Crippen molar-refractivity contribution in [1.82, 2.24) is 0 Å². The summed E-state index contributed by atoms with van der Waals surface area (Å²) in [6.45, 7) is 1.23. The quantitative estimate of drug-likeness (QED) is 0.284. The number of hydrogen-bond donors (Lipinski definition) is 3. The molecular formula is C30H34O8. The predicted molar refractivity (Wildman–Crippen MR) is 142 cm³/mol. The van der Waals surface area contributed by atoms with Gasteiger partial charge in [-0.2, -0.15) is 0 Å². The molecule has 0 amide bonds. The first-order valence-electron chi connectivity index (χ1n) is 12.3. The fourth-order valence-electron chi connectivity index (χ4n) is 4.43. The molecule has 0 aliphatic heterocycles. The zero-order chi connectivity index (χ0) is 27.7. The Kier molecular flexibility index (Phi) is 10.1. The minimum Gasteiger partial charge on any atom is -0.504 e. The van der Waals surface area contributed by atoms with Crippen molar-refractivity contribution in [3.8, 4) is 23.0 Å². The third kappa shape index (κ3) is 7.98. The maximum atomic E-state index is 13.3. The van der Waals surface area contributed by atoms with Gasteiger partial charge in [0.15, 0.2) is 23.0 Å². The van der Waals surface area contributed by atoms with E-state index in [2.05, 4.69) is 0 Å². The van der Waals surface area contributed by atoms with Crippen LogP contribution in [0.5, 0.6) is 23.0 Å². The summed E-state index contributed by atoms with van der Waals surface area (Å²) in [7, 11) is 2.89. The van der Waals surface area contributed by atoms with Crippen LogP contribution in [0.15, 0.2) is 66.7 Å². The molecule has 0 aliphatic carbocycles. The second kappa shape index (κ2) is 13.5. The Bertz CT molecular complexity index is 1220. The lowest BCUT2D eigenvalue weighted by Gasteiger charge is -2.24. The van der Waals surface area contributed by atoms with Crippen LogP contribution in [0, 0.1) is 0 Å². The Morgan fingerprint density at radius 3 is 2.05 bits per heavy atom. The second-order valence-corrected chi connectivity index (χ2v) is 9.19. The molecule has 0 saturated carbocycles. The van der Waals surface area contributed by atoms with Crippen molar-refractivity contribution in [3.63, 3.8) is 0 Å². The van der Waals surface area contributed by atoms with Gasteiger partial charge in [0.2, 0.25) is 0 Å². The number of aliphatic hydroxyl groups is 1. The molecule has 0 bridgehead atoms. The van der Waals surface area contributed by atoms with Crippen molar-refractivity contribution in [3.05, 3.63) is 83.4 Å². The van der Waals surface area contributed by atoms with Gasteiger partial charge in [-0.1, -0.05) is 42.5 Å². The van der Waals surface area contributed by atoms with E-state index in [0.717, 1.165) is 11.1 Å². The fourth-order valence-corrected chi connectivity index (χ4v) is 4.43. The van der Waals surface area contributed by atoms with Crippen molar-refractivity contribution in [2.75, 3.05) is 14.2 Å². The molecule has 8 heteroatoms. The van der Waals surface area contributed by atoms with Gasteiger partial charge in [-0.05, 0) is 53.3 Å². The number of ether oxygens (including phenoxy) is 3. The van der Waals surface area contributed by atoms with Gasteiger partial charge in [0.1, 0.15) is 11.9 Å². The maximum Gasteiger partial charge on any atom is 0.303 e. The molecule has 0 aromatic heterocycles. The lowest BCUT2D eigenvalue weighted by molar-refractivity contribution is -0.154. The van der Waals surface area contributed by atoms with Crippen molar-refractivity contribution >= 4 is 11.8 Å². The number of hydrogen-bond acceptors (Lipinski definition) is 8. The lowest BCUT2D eigenvalue weighted by Crippen LogP contribution is -2.34. The molecule has 0 aliphatic rings. The summed E-state index contributed by atoms with van der Waals surface area (Å²) in [4.78, 5) is 25.1. The average Bonchev–Trinajstić information content (AvgIpc) is 2.89. The van der Waals surface area contributed by atoms with E-state index in [1.165, 1.54) is 33.3 Å². The van der Waals surface area contributed by atoms with Gasteiger partial charge in [-0.15, -0.1) is 0 Å². The molecule has 3 N–H and O–H groups in total.